The summed E-state index contributed by atoms with van der Waals surface area (Å²) in [6, 6.07) is 1.75. The van der Waals surface area contributed by atoms with Gasteiger partial charge in [0.15, 0.2) is 6.10 Å². The lowest BCUT2D eigenvalue weighted by atomic mass is 9.97. The van der Waals surface area contributed by atoms with E-state index in [1.165, 1.54) is 6.92 Å². The molecule has 0 saturated heterocycles. The molecule has 1 aromatic rings. The summed E-state index contributed by atoms with van der Waals surface area (Å²) in [5, 5.41) is 21.3. The van der Waals surface area contributed by atoms with Crippen LogP contribution in [-0.2, 0) is 25.3 Å². The molecule has 0 radical (unpaired) electrons. The van der Waals surface area contributed by atoms with Crippen molar-refractivity contribution in [3.05, 3.63) is 35.4 Å². The number of hydrogen-bond donors (Lipinski definition) is 3. The number of alkyl halides is 3. The molecule has 3 atom stereocenters. The van der Waals surface area contributed by atoms with Crippen molar-refractivity contribution < 1.29 is 42.5 Å². The number of carboxylic acids is 1. The Labute approximate surface area is 153 Å². The third-order valence-electron chi connectivity index (χ3n) is 3.73. The van der Waals surface area contributed by atoms with Crippen LogP contribution in [0.4, 0.5) is 13.2 Å². The summed E-state index contributed by atoms with van der Waals surface area (Å²) in [5.41, 5.74) is -1.09. The lowest BCUT2D eigenvalue weighted by Crippen LogP contribution is -2.47. The summed E-state index contributed by atoms with van der Waals surface area (Å²) in [6.07, 6.45) is -6.71. The van der Waals surface area contributed by atoms with Crippen LogP contribution in [0.25, 0.3) is 0 Å². The first-order valence-corrected chi connectivity index (χ1v) is 8.01. The Kier molecular flexibility index (Phi) is 7.77. The molecule has 0 fully saturated rings. The number of ether oxygens (including phenoxy) is 1. The van der Waals surface area contributed by atoms with Gasteiger partial charge in [-0.3, -0.25) is 9.59 Å². The van der Waals surface area contributed by atoms with E-state index in [-0.39, 0.29) is 18.6 Å². The van der Waals surface area contributed by atoms with Gasteiger partial charge in [0.1, 0.15) is 6.04 Å². The Morgan fingerprint density at radius 1 is 1.19 bits per heavy atom. The zero-order valence-corrected chi connectivity index (χ0v) is 14.6. The van der Waals surface area contributed by atoms with Crippen molar-refractivity contribution in [2.45, 2.75) is 38.6 Å². The summed E-state index contributed by atoms with van der Waals surface area (Å²) in [5.74, 6) is -4.03. The molecule has 150 valence electrons. The van der Waals surface area contributed by atoms with Crippen molar-refractivity contribution in [2.75, 3.05) is 6.61 Å². The number of carbonyl (C=O) groups is 3. The molecule has 3 N–H and O–H groups in total. The second-order valence-electron chi connectivity index (χ2n) is 5.83. The molecule has 10 heteroatoms. The second kappa shape index (κ2) is 9.36. The average Bonchev–Trinajstić information content (AvgIpc) is 2.57. The van der Waals surface area contributed by atoms with E-state index >= 15 is 0 Å². The zero-order chi connectivity index (χ0) is 20.8. The number of benzene rings is 1. The van der Waals surface area contributed by atoms with Crippen LogP contribution in [0, 0.1) is 5.92 Å². The topological polar surface area (TPSA) is 113 Å². The molecule has 0 bridgehead atoms. The molecule has 0 saturated carbocycles. The Balaban J connectivity index is 2.83. The second-order valence-corrected chi connectivity index (χ2v) is 5.83. The van der Waals surface area contributed by atoms with E-state index in [2.05, 4.69) is 5.32 Å². The molecular weight excluding hydrogens is 371 g/mol. The average molecular weight is 391 g/mol. The summed E-state index contributed by atoms with van der Waals surface area (Å²) < 4.78 is 42.3. The van der Waals surface area contributed by atoms with Crippen LogP contribution in [0.2, 0.25) is 0 Å². The highest BCUT2D eigenvalue weighted by molar-refractivity contribution is 5.87. The number of aliphatic hydroxyl groups is 1. The lowest BCUT2D eigenvalue weighted by Gasteiger charge is -2.22. The molecule has 1 aromatic carbocycles. The van der Waals surface area contributed by atoms with Crippen molar-refractivity contribution in [3.8, 4) is 0 Å². The highest BCUT2D eigenvalue weighted by Gasteiger charge is 2.32. The quantitative estimate of drug-likeness (QED) is 0.584. The van der Waals surface area contributed by atoms with Gasteiger partial charge in [0.05, 0.1) is 18.6 Å². The fourth-order valence-corrected chi connectivity index (χ4v) is 2.29. The largest absolute Gasteiger partial charge is 0.480 e. The third-order valence-corrected chi connectivity index (χ3v) is 3.73. The van der Waals surface area contributed by atoms with Gasteiger partial charge in [-0.15, -0.1) is 0 Å². The van der Waals surface area contributed by atoms with Crippen LogP contribution in [0.1, 0.15) is 37.5 Å². The molecule has 0 aliphatic carbocycles. The standard InChI is InChI=1S/C17H20F3NO6/c1-3-27-12(22)8-9(2)13(16(25)26)21-15(24)14(23)10-4-6-11(7-5-10)17(18,19)20/h4-7,9,13-14,23H,3,8H2,1-2H3,(H,21,24)(H,25,26)/t9-,13-,14-/m1/s1. The molecular formula is C17H20F3NO6. The van der Waals surface area contributed by atoms with Gasteiger partial charge in [-0.25, -0.2) is 4.79 Å². The zero-order valence-electron chi connectivity index (χ0n) is 14.6. The SMILES string of the molecule is CCOC(=O)C[C@@H](C)[C@@H](NC(=O)[C@H](O)c1ccc(C(F)(F)F)cc1)C(=O)O. The van der Waals surface area contributed by atoms with Crippen LogP contribution < -0.4 is 5.32 Å². The first kappa shape index (κ1) is 22.4. The van der Waals surface area contributed by atoms with Crippen molar-refractivity contribution >= 4 is 17.8 Å². The van der Waals surface area contributed by atoms with Gasteiger partial charge in [-0.1, -0.05) is 19.1 Å². The number of hydrogen-bond acceptors (Lipinski definition) is 5. The van der Waals surface area contributed by atoms with E-state index in [4.69, 9.17) is 4.74 Å². The number of nitrogens with one attached hydrogen (secondary N) is 1. The van der Waals surface area contributed by atoms with Gasteiger partial charge in [-0.05, 0) is 30.5 Å². The molecule has 7 nitrogen and oxygen atoms in total. The normalized spacial score (nSPS) is 14.7. The van der Waals surface area contributed by atoms with Crippen LogP contribution >= 0.6 is 0 Å². The van der Waals surface area contributed by atoms with Gasteiger partial charge >= 0.3 is 18.1 Å². The first-order valence-electron chi connectivity index (χ1n) is 8.01. The van der Waals surface area contributed by atoms with Crippen molar-refractivity contribution in [1.29, 1.82) is 0 Å². The van der Waals surface area contributed by atoms with Gasteiger partial charge < -0.3 is 20.3 Å². The van der Waals surface area contributed by atoms with Crippen LogP contribution in [0.15, 0.2) is 24.3 Å². The number of esters is 1. The highest BCUT2D eigenvalue weighted by Crippen LogP contribution is 2.30. The van der Waals surface area contributed by atoms with Gasteiger partial charge in [0.2, 0.25) is 0 Å². The number of aliphatic hydroxyl groups excluding tert-OH is 1. The number of rotatable bonds is 8. The number of amides is 1. The number of carboxylic acid groups (broad SMARTS) is 1. The van der Waals surface area contributed by atoms with Crippen LogP contribution in [0.5, 0.6) is 0 Å². The molecule has 0 aliphatic rings. The van der Waals surface area contributed by atoms with E-state index < -0.39 is 47.6 Å². The summed E-state index contributed by atoms with van der Waals surface area (Å²) in [6.45, 7) is 3.10. The van der Waals surface area contributed by atoms with Gasteiger partial charge in [-0.2, -0.15) is 13.2 Å². The molecule has 1 amide bonds. The highest BCUT2D eigenvalue weighted by atomic mass is 19.4. The molecule has 1 rings (SSSR count). The molecule has 0 aliphatic heterocycles. The Morgan fingerprint density at radius 3 is 2.19 bits per heavy atom. The fourth-order valence-electron chi connectivity index (χ4n) is 2.29. The monoisotopic (exact) mass is 391 g/mol. The maximum Gasteiger partial charge on any atom is 0.416 e. The number of halogens is 3. The van der Waals surface area contributed by atoms with E-state index in [1.807, 2.05) is 0 Å². The van der Waals surface area contributed by atoms with Crippen LogP contribution in [-0.4, -0.2) is 40.7 Å². The summed E-state index contributed by atoms with van der Waals surface area (Å²) >= 11 is 0. The van der Waals surface area contributed by atoms with Crippen molar-refractivity contribution in [1.82, 2.24) is 5.32 Å². The van der Waals surface area contributed by atoms with Gasteiger partial charge in [0, 0.05) is 0 Å². The molecule has 0 spiro atoms. The Morgan fingerprint density at radius 2 is 1.74 bits per heavy atom. The number of carbonyl (C=O) groups excluding carboxylic acids is 2. The lowest BCUT2D eigenvalue weighted by molar-refractivity contribution is -0.148. The van der Waals surface area contributed by atoms with Gasteiger partial charge in [0.25, 0.3) is 5.91 Å². The maximum absolute atomic E-state index is 12.5. The third kappa shape index (κ3) is 6.55. The summed E-state index contributed by atoms with van der Waals surface area (Å²) in [7, 11) is 0. The first-order chi connectivity index (χ1) is 12.5. The van der Waals surface area contributed by atoms with E-state index in [0.29, 0.717) is 12.1 Å². The Bertz CT molecular complexity index is 674. The van der Waals surface area contributed by atoms with Crippen LogP contribution in [0.3, 0.4) is 0 Å². The minimum Gasteiger partial charge on any atom is -0.480 e. The number of aliphatic carboxylic acids is 1. The van der Waals surface area contributed by atoms with Crippen molar-refractivity contribution in [2.24, 2.45) is 5.92 Å². The maximum atomic E-state index is 12.5. The fraction of sp³-hybridized carbons (Fsp3) is 0.471. The molecule has 0 aromatic heterocycles. The predicted octanol–water partition coefficient (Wildman–Crippen LogP) is 1.90. The molecule has 0 heterocycles. The molecule has 27 heavy (non-hydrogen) atoms. The molecule has 0 unspecified atom stereocenters. The Hall–Kier alpha value is -2.62. The summed E-state index contributed by atoms with van der Waals surface area (Å²) in [4.78, 5) is 34.9. The van der Waals surface area contributed by atoms with E-state index in [0.717, 1.165) is 12.1 Å². The minimum atomic E-state index is -4.57. The van der Waals surface area contributed by atoms with E-state index in [9.17, 15) is 37.8 Å². The smallest absolute Gasteiger partial charge is 0.416 e. The predicted molar refractivity (Wildman–Crippen MR) is 86.4 cm³/mol. The van der Waals surface area contributed by atoms with E-state index in [1.54, 1.807) is 6.92 Å². The van der Waals surface area contributed by atoms with Crippen molar-refractivity contribution in [3.63, 3.8) is 0 Å². The minimum absolute atomic E-state index is 0.113.